The molecule has 4 heterocycles. The van der Waals surface area contributed by atoms with Gasteiger partial charge >= 0.3 is 0 Å². The van der Waals surface area contributed by atoms with Crippen molar-refractivity contribution in [3.63, 3.8) is 0 Å². The van der Waals surface area contributed by atoms with Crippen molar-refractivity contribution < 1.29 is 43.4 Å². The second kappa shape index (κ2) is 23.5. The van der Waals surface area contributed by atoms with Crippen LogP contribution < -0.4 is 28.4 Å². The van der Waals surface area contributed by atoms with E-state index in [2.05, 4.69) is 39.9 Å². The second-order valence-corrected chi connectivity index (χ2v) is 15.6. The molecular formula is C50H44Cl2N8O9. The van der Waals surface area contributed by atoms with Crippen molar-refractivity contribution in [2.75, 3.05) is 40.6 Å². The zero-order chi connectivity index (χ0) is 48.0. The molecule has 0 aliphatic rings. The lowest BCUT2D eigenvalue weighted by atomic mass is 9.93. The number of nitrogens with zero attached hydrogens (tertiary/aromatic N) is 8. The molecule has 17 nitrogen and oxygen atoms in total. The quantitative estimate of drug-likeness (QED) is 0.0608. The van der Waals surface area contributed by atoms with Gasteiger partial charge in [-0.2, -0.15) is 9.97 Å². The number of benzene rings is 4. The molecule has 0 bridgehead atoms. The Morgan fingerprint density at radius 1 is 0.435 bits per heavy atom. The van der Waals surface area contributed by atoms with E-state index in [9.17, 15) is 10.2 Å². The number of para-hydroxylation sites is 4. The van der Waals surface area contributed by atoms with Crippen LogP contribution in [0.15, 0.2) is 146 Å². The highest BCUT2D eigenvalue weighted by Crippen LogP contribution is 2.42. The van der Waals surface area contributed by atoms with Crippen molar-refractivity contribution in [1.29, 1.82) is 0 Å². The lowest BCUT2D eigenvalue weighted by Gasteiger charge is -2.27. The van der Waals surface area contributed by atoms with E-state index in [-0.39, 0.29) is 83.3 Å². The highest BCUT2D eigenvalue weighted by molar-refractivity contribution is 6.31. The van der Waals surface area contributed by atoms with Crippen LogP contribution in [0.4, 0.5) is 0 Å². The fourth-order valence-electron chi connectivity index (χ4n) is 6.97. The molecule has 0 aliphatic carbocycles. The first-order valence-electron chi connectivity index (χ1n) is 21.4. The van der Waals surface area contributed by atoms with Gasteiger partial charge in [-0.1, -0.05) is 108 Å². The number of hydrogen-bond acceptors (Lipinski definition) is 17. The van der Waals surface area contributed by atoms with Crippen molar-refractivity contribution in [2.24, 2.45) is 0 Å². The summed E-state index contributed by atoms with van der Waals surface area (Å²) >= 11 is 13.5. The Labute approximate surface area is 406 Å². The maximum atomic E-state index is 11.9. The molecule has 2 N–H and O–H groups in total. The first kappa shape index (κ1) is 47.9. The fraction of sp³-hybridized carbons (Fsp3) is 0.200. The molecule has 69 heavy (non-hydrogen) atoms. The van der Waals surface area contributed by atoms with Crippen LogP contribution in [-0.4, -0.2) is 103 Å². The van der Waals surface area contributed by atoms with Gasteiger partial charge in [0.2, 0.25) is 23.1 Å². The molecule has 0 aliphatic heterocycles. The third-order valence-electron chi connectivity index (χ3n) is 10.4. The molecular weight excluding hydrogens is 928 g/mol. The lowest BCUT2D eigenvalue weighted by molar-refractivity contribution is 0.00578. The van der Waals surface area contributed by atoms with E-state index in [4.69, 9.17) is 56.4 Å². The van der Waals surface area contributed by atoms with Crippen LogP contribution in [0.1, 0.15) is 23.0 Å². The van der Waals surface area contributed by atoms with E-state index >= 15 is 0 Å². The number of rotatable bonds is 22. The van der Waals surface area contributed by atoms with Crippen molar-refractivity contribution >= 4 is 23.2 Å². The van der Waals surface area contributed by atoms with Gasteiger partial charge in [-0.25, -0.2) is 29.9 Å². The molecule has 0 saturated carbocycles. The van der Waals surface area contributed by atoms with Gasteiger partial charge in [0, 0.05) is 36.6 Å². The predicted octanol–water partition coefficient (Wildman–Crippen LogP) is 8.85. The van der Waals surface area contributed by atoms with E-state index in [0.717, 1.165) is 11.1 Å². The largest absolute Gasteiger partial charge is 0.493 e. The molecule has 0 radical (unpaired) electrons. The Morgan fingerprint density at radius 2 is 0.797 bits per heavy atom. The van der Waals surface area contributed by atoms with Gasteiger partial charge in [0.1, 0.15) is 13.2 Å². The summed E-state index contributed by atoms with van der Waals surface area (Å²) in [4.78, 5) is 34.9. The summed E-state index contributed by atoms with van der Waals surface area (Å²) in [6.45, 7) is -0.572. The van der Waals surface area contributed by atoms with Gasteiger partial charge in [0.25, 0.3) is 11.8 Å². The van der Waals surface area contributed by atoms with E-state index in [0.29, 0.717) is 23.0 Å². The first-order chi connectivity index (χ1) is 33.8. The topological polar surface area (TPSA) is 208 Å². The van der Waals surface area contributed by atoms with Crippen molar-refractivity contribution in [3.8, 4) is 69.6 Å². The number of ether oxygens (including phenoxy) is 7. The predicted molar refractivity (Wildman–Crippen MR) is 254 cm³/mol. The van der Waals surface area contributed by atoms with Gasteiger partial charge in [-0.15, -0.1) is 0 Å². The van der Waals surface area contributed by atoms with Crippen LogP contribution in [0.2, 0.25) is 10.3 Å². The summed E-state index contributed by atoms with van der Waals surface area (Å²) in [5.74, 6) is 0.564. The van der Waals surface area contributed by atoms with Gasteiger partial charge < -0.3 is 43.4 Å². The van der Waals surface area contributed by atoms with Crippen LogP contribution >= 0.6 is 23.2 Å². The number of aliphatic hydroxyl groups is 2. The van der Waals surface area contributed by atoms with E-state index in [1.165, 1.54) is 14.2 Å². The second-order valence-electron chi connectivity index (χ2n) is 14.9. The molecule has 352 valence electrons. The van der Waals surface area contributed by atoms with Gasteiger partial charge in [0.05, 0.1) is 39.6 Å². The summed E-state index contributed by atoms with van der Waals surface area (Å²) in [7, 11) is 3.02. The average Bonchev–Trinajstić information content (AvgIpc) is 3.40. The number of methoxy groups -OCH3 is 2. The highest BCUT2D eigenvalue weighted by atomic mass is 35.5. The monoisotopic (exact) mass is 970 g/mol. The Morgan fingerprint density at radius 3 is 1.17 bits per heavy atom. The van der Waals surface area contributed by atoms with Crippen LogP contribution in [0.25, 0.3) is 23.3 Å². The zero-order valence-corrected chi connectivity index (χ0v) is 38.6. The van der Waals surface area contributed by atoms with Crippen molar-refractivity contribution in [1.82, 2.24) is 39.9 Å². The Bertz CT molecular complexity index is 2710. The molecule has 4 aromatic carbocycles. The number of aliphatic hydroxyl groups excluding tert-OH is 2. The van der Waals surface area contributed by atoms with Crippen LogP contribution in [0.3, 0.4) is 0 Å². The molecule has 0 amide bonds. The summed E-state index contributed by atoms with van der Waals surface area (Å²) in [5.41, 5.74) is 1.53. The molecule has 4 aromatic heterocycles. The van der Waals surface area contributed by atoms with Crippen LogP contribution in [0.5, 0.6) is 46.3 Å². The Kier molecular flexibility index (Phi) is 16.3. The van der Waals surface area contributed by atoms with E-state index in [1.54, 1.807) is 85.5 Å². The molecule has 8 rings (SSSR count). The van der Waals surface area contributed by atoms with Crippen LogP contribution in [0, 0.1) is 0 Å². The highest BCUT2D eigenvalue weighted by Gasteiger charge is 2.29. The summed E-state index contributed by atoms with van der Waals surface area (Å²) in [5, 5.41) is 23.7. The average molecular weight is 972 g/mol. The third-order valence-corrected chi connectivity index (χ3v) is 11.0. The zero-order valence-electron chi connectivity index (χ0n) is 37.1. The minimum atomic E-state index is -1.17. The maximum absolute atomic E-state index is 11.9. The molecule has 4 atom stereocenters. The minimum absolute atomic E-state index is 0.00249. The van der Waals surface area contributed by atoms with Crippen molar-refractivity contribution in [3.05, 3.63) is 168 Å². The van der Waals surface area contributed by atoms with Gasteiger partial charge in [-0.3, -0.25) is 0 Å². The normalized spacial score (nSPS) is 12.8. The molecule has 4 unspecified atom stereocenters. The van der Waals surface area contributed by atoms with Crippen LogP contribution in [-0.2, 0) is 4.74 Å². The van der Waals surface area contributed by atoms with Gasteiger partial charge in [0.15, 0.2) is 45.0 Å². The maximum Gasteiger partial charge on any atom is 0.263 e. The van der Waals surface area contributed by atoms with Gasteiger partial charge in [-0.05, 0) is 47.5 Å². The SMILES string of the molecule is COc1ccccc1Oc1c(Cl)nc(-c2ncccn2)nc1OCC(O)C(COCC(c1ccccc1)C(O)COc1nc(-c2ncccn2)nc(Cl)c1Oc1ccccc1OC)c1ccccc1. The number of aromatic nitrogens is 8. The summed E-state index contributed by atoms with van der Waals surface area (Å²) < 4.78 is 42.3. The molecule has 19 heteroatoms. The first-order valence-corrected chi connectivity index (χ1v) is 22.2. The number of halogens is 2. The molecule has 0 spiro atoms. The van der Waals surface area contributed by atoms with E-state index in [1.807, 2.05) is 60.7 Å². The fourth-order valence-corrected chi connectivity index (χ4v) is 7.37. The Hall–Kier alpha value is -7.54. The molecule has 0 fully saturated rings. The summed E-state index contributed by atoms with van der Waals surface area (Å²) in [6.07, 6.45) is 3.83. The molecule has 0 saturated heterocycles. The number of hydrogen-bond donors (Lipinski definition) is 2. The Balaban J connectivity index is 1.02. The van der Waals surface area contributed by atoms with E-state index < -0.39 is 24.0 Å². The smallest absolute Gasteiger partial charge is 0.263 e. The summed E-state index contributed by atoms with van der Waals surface area (Å²) in [6, 6.07) is 36.0. The molecule has 8 aromatic rings. The third kappa shape index (κ3) is 12.1. The van der Waals surface area contributed by atoms with Crippen molar-refractivity contribution in [2.45, 2.75) is 24.0 Å². The minimum Gasteiger partial charge on any atom is -0.493 e. The lowest BCUT2D eigenvalue weighted by Crippen LogP contribution is -2.32. The standard InChI is InChI=1S/C50H44Cl2N8O9/c1-63-37-19-9-11-21-39(37)68-41-43(51)57-47(45-53-23-13-24-54-45)59-49(41)66-29-35(61)33(31-15-5-3-6-16-31)27-65-28-34(32-17-7-4-8-18-32)36(62)30-67-50-42(69-40-22-12-10-20-38(40)64-2)44(52)58-48(60-50)46-55-25-14-26-56-46/h3-26,33-36,61-62H,27-30H2,1-2H3.